The molecule has 0 aliphatic carbocycles. The van der Waals surface area contributed by atoms with Crippen LogP contribution in [0.2, 0.25) is 0 Å². The number of ether oxygens (including phenoxy) is 2. The summed E-state index contributed by atoms with van der Waals surface area (Å²) < 4.78 is 12.7. The topological polar surface area (TPSA) is 77.8 Å². The number of aryl methyl sites for hydroxylation is 1. The Bertz CT molecular complexity index is 976. The van der Waals surface area contributed by atoms with Crippen LogP contribution in [0.15, 0.2) is 30.3 Å². The van der Waals surface area contributed by atoms with Crippen LogP contribution < -0.4 is 9.64 Å². The van der Waals surface area contributed by atoms with Crippen molar-refractivity contribution >= 4 is 23.3 Å². The molecule has 1 aliphatic rings. The molecule has 0 spiro atoms. The van der Waals surface area contributed by atoms with Gasteiger partial charge in [-0.2, -0.15) is 0 Å². The molecule has 7 nitrogen and oxygen atoms in total. The van der Waals surface area contributed by atoms with E-state index in [0.29, 0.717) is 17.0 Å². The monoisotopic (exact) mass is 412 g/mol. The third-order valence-corrected chi connectivity index (χ3v) is 5.48. The van der Waals surface area contributed by atoms with Crippen LogP contribution in [0.1, 0.15) is 48.1 Å². The van der Waals surface area contributed by atoms with Crippen LogP contribution in [0, 0.1) is 19.8 Å². The normalized spacial score (nSPS) is 16.3. The highest BCUT2D eigenvalue weighted by molar-refractivity contribution is 6.02. The molecule has 1 aromatic carbocycles. The van der Waals surface area contributed by atoms with Crippen LogP contribution in [0.25, 0.3) is 0 Å². The molecule has 7 heteroatoms. The number of benzene rings is 1. The maximum absolute atomic E-state index is 12.6. The number of esters is 1. The summed E-state index contributed by atoms with van der Waals surface area (Å²) in [5, 5.41) is 0. The second kappa shape index (κ2) is 8.73. The summed E-state index contributed by atoms with van der Waals surface area (Å²) in [4.78, 5) is 39.1. The smallest absolute Gasteiger partial charge is 0.311 e. The van der Waals surface area contributed by atoms with E-state index < -0.39 is 11.9 Å². The molecule has 0 unspecified atom stereocenters. The Morgan fingerprint density at radius 1 is 1.20 bits per heavy atom. The lowest BCUT2D eigenvalue weighted by atomic mass is 10.1. The molecule has 1 aromatic heterocycles. The molecule has 2 heterocycles. The van der Waals surface area contributed by atoms with Gasteiger partial charge in [0.2, 0.25) is 11.7 Å². The minimum absolute atomic E-state index is 0.0485. The zero-order valence-electron chi connectivity index (χ0n) is 18.1. The second-order valence-corrected chi connectivity index (χ2v) is 7.86. The van der Waals surface area contributed by atoms with E-state index in [9.17, 15) is 14.4 Å². The zero-order valence-corrected chi connectivity index (χ0v) is 18.1. The van der Waals surface area contributed by atoms with Crippen molar-refractivity contribution in [3.8, 4) is 5.75 Å². The van der Waals surface area contributed by atoms with Crippen molar-refractivity contribution in [2.24, 2.45) is 5.92 Å². The number of hydrogen-bond donors (Lipinski definition) is 0. The Morgan fingerprint density at radius 3 is 2.53 bits per heavy atom. The Kier molecular flexibility index (Phi) is 6.29. The number of carbonyl (C=O) groups excluding carboxylic acids is 3. The van der Waals surface area contributed by atoms with Gasteiger partial charge >= 0.3 is 5.97 Å². The third-order valence-electron chi connectivity index (χ3n) is 5.48. The lowest BCUT2D eigenvalue weighted by Crippen LogP contribution is -2.27. The number of para-hydroxylation sites is 2. The highest BCUT2D eigenvalue weighted by atomic mass is 16.5. The van der Waals surface area contributed by atoms with E-state index in [2.05, 4.69) is 18.4 Å². The Balaban J connectivity index is 1.64. The Morgan fingerprint density at radius 2 is 1.90 bits per heavy atom. The Labute approximate surface area is 176 Å². The molecular weight excluding hydrogens is 384 g/mol. The largest absolute Gasteiger partial charge is 0.495 e. The van der Waals surface area contributed by atoms with E-state index in [1.54, 1.807) is 12.1 Å². The quantitative estimate of drug-likeness (QED) is 0.514. The Hall–Kier alpha value is -3.09. The van der Waals surface area contributed by atoms with Gasteiger partial charge in [0, 0.05) is 36.0 Å². The van der Waals surface area contributed by atoms with Crippen molar-refractivity contribution in [2.75, 3.05) is 25.2 Å². The standard InChI is InChI=1S/C23H28N2O5/c1-14(2)25-15(3)10-18(16(25)4)20(26)13-30-23(28)17-11-22(27)24(12-17)19-8-6-7-9-21(19)29-5/h6-10,14,17H,11-13H2,1-5H3/t17-/m1/s1. The van der Waals surface area contributed by atoms with Crippen LogP contribution in [-0.2, 0) is 14.3 Å². The lowest BCUT2D eigenvalue weighted by molar-refractivity contribution is -0.147. The van der Waals surface area contributed by atoms with Crippen LogP contribution >= 0.6 is 0 Å². The van der Waals surface area contributed by atoms with Crippen LogP contribution in [0.4, 0.5) is 5.69 Å². The van der Waals surface area contributed by atoms with Crippen LogP contribution in [0.3, 0.4) is 0 Å². The maximum Gasteiger partial charge on any atom is 0.311 e. The van der Waals surface area contributed by atoms with E-state index >= 15 is 0 Å². The van der Waals surface area contributed by atoms with Crippen molar-refractivity contribution in [3.05, 3.63) is 47.3 Å². The summed E-state index contributed by atoms with van der Waals surface area (Å²) in [6.45, 7) is 7.82. The van der Waals surface area contributed by atoms with Gasteiger partial charge in [-0.25, -0.2) is 0 Å². The molecule has 2 aromatic rings. The molecule has 0 N–H and O–H groups in total. The predicted octanol–water partition coefficient (Wildman–Crippen LogP) is 3.47. The number of nitrogens with zero attached hydrogens (tertiary/aromatic N) is 2. The summed E-state index contributed by atoms with van der Waals surface area (Å²) in [5.41, 5.74) is 3.04. The van der Waals surface area contributed by atoms with Gasteiger partial charge < -0.3 is 18.9 Å². The average molecular weight is 412 g/mol. The van der Waals surface area contributed by atoms with Crippen LogP contribution in [-0.4, -0.2) is 42.5 Å². The van der Waals surface area contributed by atoms with Gasteiger partial charge in [-0.15, -0.1) is 0 Å². The average Bonchev–Trinajstić information content (AvgIpc) is 3.25. The summed E-state index contributed by atoms with van der Waals surface area (Å²) in [6.07, 6.45) is 0.0485. The molecule has 0 saturated carbocycles. The van der Waals surface area contributed by atoms with Crippen molar-refractivity contribution in [1.82, 2.24) is 4.57 Å². The molecule has 1 fully saturated rings. The minimum atomic E-state index is -0.613. The summed E-state index contributed by atoms with van der Waals surface area (Å²) >= 11 is 0. The zero-order chi connectivity index (χ0) is 22.0. The highest BCUT2D eigenvalue weighted by Crippen LogP contribution is 2.33. The number of aromatic nitrogens is 1. The number of carbonyl (C=O) groups is 3. The first kappa shape index (κ1) is 21.6. The number of rotatable bonds is 7. The van der Waals surface area contributed by atoms with E-state index in [-0.39, 0.29) is 37.3 Å². The summed E-state index contributed by atoms with van der Waals surface area (Å²) in [5.74, 6) is -0.997. The fourth-order valence-electron chi connectivity index (χ4n) is 4.14. The number of methoxy groups -OCH3 is 1. The van der Waals surface area contributed by atoms with Crippen molar-refractivity contribution < 1.29 is 23.9 Å². The van der Waals surface area contributed by atoms with E-state index in [1.165, 1.54) is 12.0 Å². The number of anilines is 1. The first-order valence-electron chi connectivity index (χ1n) is 10.1. The highest BCUT2D eigenvalue weighted by Gasteiger charge is 2.37. The molecule has 160 valence electrons. The molecule has 1 amide bonds. The predicted molar refractivity (Wildman–Crippen MR) is 113 cm³/mol. The lowest BCUT2D eigenvalue weighted by Gasteiger charge is -2.19. The fourth-order valence-corrected chi connectivity index (χ4v) is 4.14. The number of hydrogen-bond acceptors (Lipinski definition) is 5. The van der Waals surface area contributed by atoms with Crippen molar-refractivity contribution in [1.29, 1.82) is 0 Å². The summed E-state index contributed by atoms with van der Waals surface area (Å²) in [7, 11) is 1.53. The molecular formula is C23H28N2O5. The SMILES string of the molecule is COc1ccccc1N1C[C@H](C(=O)OCC(=O)c2cc(C)n(C(C)C)c2C)CC1=O. The molecule has 1 aliphatic heterocycles. The van der Waals surface area contributed by atoms with Gasteiger partial charge in [-0.05, 0) is 45.9 Å². The minimum Gasteiger partial charge on any atom is -0.495 e. The molecule has 3 rings (SSSR count). The number of amides is 1. The molecule has 1 saturated heterocycles. The third kappa shape index (κ3) is 4.10. The molecule has 1 atom stereocenters. The second-order valence-electron chi connectivity index (χ2n) is 7.86. The molecule has 0 bridgehead atoms. The molecule has 30 heavy (non-hydrogen) atoms. The maximum atomic E-state index is 12.6. The number of ketones is 1. The van der Waals surface area contributed by atoms with Gasteiger partial charge in [0.1, 0.15) is 5.75 Å². The van der Waals surface area contributed by atoms with Gasteiger partial charge in [-0.3, -0.25) is 14.4 Å². The van der Waals surface area contributed by atoms with Crippen molar-refractivity contribution in [2.45, 2.75) is 40.2 Å². The first-order valence-corrected chi connectivity index (χ1v) is 10.1. The first-order chi connectivity index (χ1) is 14.2. The van der Waals surface area contributed by atoms with Gasteiger partial charge in [0.15, 0.2) is 6.61 Å². The van der Waals surface area contributed by atoms with E-state index in [4.69, 9.17) is 9.47 Å². The summed E-state index contributed by atoms with van der Waals surface area (Å²) in [6, 6.07) is 9.23. The van der Waals surface area contributed by atoms with E-state index in [1.807, 2.05) is 32.0 Å². The number of Topliss-reactive ketones (excluding diaryl/α,β-unsaturated/α-hetero) is 1. The van der Waals surface area contributed by atoms with Gasteiger partial charge in [0.25, 0.3) is 0 Å². The van der Waals surface area contributed by atoms with Gasteiger partial charge in [-0.1, -0.05) is 12.1 Å². The molecule has 0 radical (unpaired) electrons. The van der Waals surface area contributed by atoms with Gasteiger partial charge in [0.05, 0.1) is 18.7 Å². The van der Waals surface area contributed by atoms with Crippen molar-refractivity contribution in [3.63, 3.8) is 0 Å². The van der Waals surface area contributed by atoms with E-state index in [0.717, 1.165) is 11.4 Å². The van der Waals surface area contributed by atoms with Crippen LogP contribution in [0.5, 0.6) is 5.75 Å². The fraction of sp³-hybridized carbons (Fsp3) is 0.435.